The van der Waals surface area contributed by atoms with Crippen LogP contribution in [0.4, 0.5) is 0 Å². The highest BCUT2D eigenvalue weighted by molar-refractivity contribution is 5.76. The van der Waals surface area contributed by atoms with E-state index in [4.69, 9.17) is 9.47 Å². The van der Waals surface area contributed by atoms with E-state index in [1.54, 1.807) is 6.08 Å². The van der Waals surface area contributed by atoms with Crippen LogP contribution < -0.4 is 5.32 Å². The molecule has 0 aromatic carbocycles. The predicted octanol–water partition coefficient (Wildman–Crippen LogP) is 17.2. The number of carbonyl (C=O) groups is 1. The van der Waals surface area contributed by atoms with Crippen molar-refractivity contribution < 1.29 is 39.8 Å². The zero-order chi connectivity index (χ0) is 55.0. The van der Waals surface area contributed by atoms with Crippen LogP contribution in [0.5, 0.6) is 0 Å². The Bertz CT molecular complexity index is 1340. The van der Waals surface area contributed by atoms with Gasteiger partial charge in [-0.1, -0.05) is 287 Å². The number of amides is 1. The molecule has 0 bridgehead atoms. The molecule has 7 unspecified atom stereocenters. The number of rotatable bonds is 57. The zero-order valence-electron chi connectivity index (χ0n) is 49.8. The minimum absolute atomic E-state index is 0.187. The molecule has 9 heteroatoms. The van der Waals surface area contributed by atoms with Gasteiger partial charge in [0, 0.05) is 6.42 Å². The molecule has 1 aliphatic rings. The van der Waals surface area contributed by atoms with Crippen LogP contribution in [0.25, 0.3) is 0 Å². The number of aliphatic hydroxyl groups excluding tert-OH is 5. The zero-order valence-corrected chi connectivity index (χ0v) is 49.8. The minimum Gasteiger partial charge on any atom is -0.394 e. The van der Waals surface area contributed by atoms with Crippen molar-refractivity contribution in [2.75, 3.05) is 13.2 Å². The number of allylic oxidation sites excluding steroid dienone is 7. The summed E-state index contributed by atoms with van der Waals surface area (Å²) >= 11 is 0. The molecule has 0 radical (unpaired) electrons. The first-order chi connectivity index (χ1) is 37.3. The van der Waals surface area contributed by atoms with Crippen LogP contribution in [0.2, 0.25) is 0 Å². The van der Waals surface area contributed by atoms with Gasteiger partial charge < -0.3 is 40.3 Å². The lowest BCUT2D eigenvalue weighted by Gasteiger charge is -2.40. The van der Waals surface area contributed by atoms with Crippen molar-refractivity contribution in [3.05, 3.63) is 48.6 Å². The van der Waals surface area contributed by atoms with Gasteiger partial charge in [-0.2, -0.15) is 0 Å². The van der Waals surface area contributed by atoms with E-state index in [0.717, 1.165) is 51.4 Å². The van der Waals surface area contributed by atoms with Gasteiger partial charge in [-0.25, -0.2) is 0 Å². The summed E-state index contributed by atoms with van der Waals surface area (Å²) in [6.45, 7) is 3.75. The SMILES string of the molecule is CCCCCC/C=C/CC/C=C/CC/C=C/C(O)C(COC1OC(CO)C(O)C(O)C1O)NC(=O)CCCCCCCCCCCCCCCCCCCCCCCCCCCCC/C=C\CCCCCCCCCC. The lowest BCUT2D eigenvalue weighted by Crippen LogP contribution is -2.60. The van der Waals surface area contributed by atoms with Gasteiger partial charge in [-0.05, 0) is 70.6 Å². The molecule has 0 spiro atoms. The Balaban J connectivity index is 2.04. The summed E-state index contributed by atoms with van der Waals surface area (Å²) in [6.07, 6.45) is 69.5. The summed E-state index contributed by atoms with van der Waals surface area (Å²) in [5.74, 6) is -0.187. The minimum atomic E-state index is -1.57. The number of ether oxygens (including phenoxy) is 2. The van der Waals surface area contributed by atoms with E-state index in [2.05, 4.69) is 55.6 Å². The molecule has 6 N–H and O–H groups in total. The van der Waals surface area contributed by atoms with Crippen LogP contribution >= 0.6 is 0 Å². The monoisotopic (exact) mass is 1070 g/mol. The summed E-state index contributed by atoms with van der Waals surface area (Å²) in [7, 11) is 0. The van der Waals surface area contributed by atoms with Crippen LogP contribution in [0.15, 0.2) is 48.6 Å². The summed E-state index contributed by atoms with van der Waals surface area (Å²) < 4.78 is 11.2. The number of carbonyl (C=O) groups excluding carboxylic acids is 1. The average Bonchev–Trinajstić information content (AvgIpc) is 3.42. The maximum absolute atomic E-state index is 13.1. The second-order valence-electron chi connectivity index (χ2n) is 22.9. The van der Waals surface area contributed by atoms with Crippen LogP contribution in [0.3, 0.4) is 0 Å². The third-order valence-electron chi connectivity index (χ3n) is 15.6. The third kappa shape index (κ3) is 44.9. The van der Waals surface area contributed by atoms with E-state index >= 15 is 0 Å². The summed E-state index contributed by atoms with van der Waals surface area (Å²) in [6, 6.07) is -0.827. The molecule has 0 saturated carbocycles. The molecule has 1 aliphatic heterocycles. The molecular weight excluding hydrogens is 947 g/mol. The Morgan fingerprint density at radius 3 is 1.12 bits per heavy atom. The van der Waals surface area contributed by atoms with Crippen molar-refractivity contribution in [1.29, 1.82) is 0 Å². The lowest BCUT2D eigenvalue weighted by atomic mass is 9.99. The summed E-state index contributed by atoms with van der Waals surface area (Å²) in [4.78, 5) is 13.1. The van der Waals surface area contributed by atoms with E-state index in [0.29, 0.717) is 6.42 Å². The predicted molar refractivity (Wildman–Crippen MR) is 323 cm³/mol. The van der Waals surface area contributed by atoms with Gasteiger partial charge in [0.25, 0.3) is 0 Å². The fourth-order valence-corrected chi connectivity index (χ4v) is 10.4. The standard InChI is InChI=1S/C67H125NO8/c1-3-5-7-9-11-13-15-17-19-20-21-22-23-24-25-26-27-28-29-30-31-32-33-34-35-36-37-38-39-40-41-42-43-45-47-49-51-53-55-57-63(71)68-60(59-75-67-66(74)65(73)64(72)62(58-69)76-67)61(70)56-54-52-50-48-46-44-18-16-14-12-10-8-6-4-2/h14,16,20-21,46,48,54,56,60-62,64-67,69-70,72-74H,3-13,15,17-19,22-45,47,49-53,55,57-59H2,1-2H3,(H,68,71)/b16-14+,21-20-,48-46+,56-54+. The molecule has 1 amide bonds. The quantitative estimate of drug-likeness (QED) is 0.0261. The van der Waals surface area contributed by atoms with Gasteiger partial charge in [0.1, 0.15) is 24.4 Å². The van der Waals surface area contributed by atoms with Crippen molar-refractivity contribution in [3.8, 4) is 0 Å². The van der Waals surface area contributed by atoms with Gasteiger partial charge in [-0.3, -0.25) is 4.79 Å². The van der Waals surface area contributed by atoms with E-state index < -0.39 is 49.5 Å². The number of aliphatic hydroxyl groups is 5. The Morgan fingerprint density at radius 1 is 0.434 bits per heavy atom. The number of hydrogen-bond donors (Lipinski definition) is 6. The molecule has 9 nitrogen and oxygen atoms in total. The highest BCUT2D eigenvalue weighted by atomic mass is 16.7. The van der Waals surface area contributed by atoms with Crippen molar-refractivity contribution in [2.45, 2.75) is 358 Å². The lowest BCUT2D eigenvalue weighted by molar-refractivity contribution is -0.302. The molecule has 0 aromatic rings. The topological polar surface area (TPSA) is 149 Å². The van der Waals surface area contributed by atoms with Crippen molar-refractivity contribution in [2.24, 2.45) is 0 Å². The van der Waals surface area contributed by atoms with Crippen LogP contribution in [0.1, 0.15) is 316 Å². The number of hydrogen-bond acceptors (Lipinski definition) is 8. The van der Waals surface area contributed by atoms with Gasteiger partial charge in [0.05, 0.1) is 25.4 Å². The second kappa shape index (κ2) is 56.4. The molecule has 7 atom stereocenters. The van der Waals surface area contributed by atoms with E-state index in [-0.39, 0.29) is 12.5 Å². The molecule has 76 heavy (non-hydrogen) atoms. The molecule has 0 aromatic heterocycles. The maximum Gasteiger partial charge on any atom is 0.220 e. The molecular formula is C67H125NO8. The van der Waals surface area contributed by atoms with Gasteiger partial charge in [-0.15, -0.1) is 0 Å². The summed E-state index contributed by atoms with van der Waals surface area (Å²) in [5, 5.41) is 54.4. The smallest absolute Gasteiger partial charge is 0.220 e. The van der Waals surface area contributed by atoms with E-state index in [1.807, 2.05) is 6.08 Å². The Morgan fingerprint density at radius 2 is 0.750 bits per heavy atom. The van der Waals surface area contributed by atoms with Crippen molar-refractivity contribution in [3.63, 3.8) is 0 Å². The molecule has 1 heterocycles. The second-order valence-corrected chi connectivity index (χ2v) is 22.9. The first-order valence-electron chi connectivity index (χ1n) is 32.9. The van der Waals surface area contributed by atoms with E-state index in [9.17, 15) is 30.3 Å². The highest BCUT2D eigenvalue weighted by Crippen LogP contribution is 2.23. The van der Waals surface area contributed by atoms with Crippen LogP contribution in [-0.4, -0.2) is 87.5 Å². The molecule has 1 fully saturated rings. The average molecular weight is 1070 g/mol. The Kier molecular flexibility index (Phi) is 53.6. The number of unbranched alkanes of at least 4 members (excludes halogenated alkanes) is 41. The van der Waals surface area contributed by atoms with Crippen LogP contribution in [-0.2, 0) is 14.3 Å². The van der Waals surface area contributed by atoms with Crippen molar-refractivity contribution in [1.82, 2.24) is 5.32 Å². The van der Waals surface area contributed by atoms with Gasteiger partial charge >= 0.3 is 0 Å². The largest absolute Gasteiger partial charge is 0.394 e. The number of nitrogens with one attached hydrogen (secondary N) is 1. The summed E-state index contributed by atoms with van der Waals surface area (Å²) in [5.41, 5.74) is 0. The molecule has 0 aliphatic carbocycles. The maximum atomic E-state index is 13.1. The Hall–Kier alpha value is -1.85. The third-order valence-corrected chi connectivity index (χ3v) is 15.6. The van der Waals surface area contributed by atoms with E-state index in [1.165, 1.54) is 244 Å². The fourth-order valence-electron chi connectivity index (χ4n) is 10.4. The fraction of sp³-hybridized carbons (Fsp3) is 0.866. The molecule has 446 valence electrons. The molecule has 1 rings (SSSR count). The van der Waals surface area contributed by atoms with Crippen LogP contribution in [0, 0.1) is 0 Å². The van der Waals surface area contributed by atoms with Gasteiger partial charge in [0.15, 0.2) is 6.29 Å². The first-order valence-corrected chi connectivity index (χ1v) is 32.9. The van der Waals surface area contributed by atoms with Gasteiger partial charge in [0.2, 0.25) is 5.91 Å². The molecule has 1 saturated heterocycles. The highest BCUT2D eigenvalue weighted by Gasteiger charge is 2.44. The Labute approximate surface area is 469 Å². The first kappa shape index (κ1) is 72.2. The van der Waals surface area contributed by atoms with Crippen molar-refractivity contribution >= 4 is 5.91 Å². The normalized spacial score (nSPS) is 19.1.